The Morgan fingerprint density at radius 3 is 2.29 bits per heavy atom. The number of phenols is 1. The van der Waals surface area contributed by atoms with Crippen LogP contribution in [0, 0.1) is 0 Å². The first kappa shape index (κ1) is 29.7. The summed E-state index contributed by atoms with van der Waals surface area (Å²) in [5, 5.41) is 10.3. The Labute approximate surface area is 232 Å². The first-order chi connectivity index (χ1) is 19.5. The number of esters is 1. The van der Waals surface area contributed by atoms with Crippen LogP contribution >= 0.6 is 0 Å². The van der Waals surface area contributed by atoms with Crippen molar-refractivity contribution in [2.45, 2.75) is 33.0 Å². The van der Waals surface area contributed by atoms with Crippen molar-refractivity contribution in [2.24, 2.45) is 0 Å². The molecule has 3 aromatic rings. The second kappa shape index (κ2) is 12.5. The molecule has 2 aromatic carbocycles. The number of rotatable bonds is 8. The summed E-state index contributed by atoms with van der Waals surface area (Å²) in [6, 6.07) is 7.47. The Morgan fingerprint density at radius 1 is 1.00 bits per heavy atom. The molecule has 0 bridgehead atoms. The smallest absolute Gasteiger partial charge is 0.453 e. The fourth-order valence-electron chi connectivity index (χ4n) is 4.30. The van der Waals surface area contributed by atoms with E-state index in [1.807, 2.05) is 11.8 Å². The van der Waals surface area contributed by atoms with E-state index in [4.69, 9.17) is 18.6 Å². The summed E-state index contributed by atoms with van der Waals surface area (Å²) in [5.41, 5.74) is -1.35. The lowest BCUT2D eigenvalue weighted by atomic mass is 10.1. The molecule has 0 aliphatic carbocycles. The summed E-state index contributed by atoms with van der Waals surface area (Å²) in [6.45, 7) is 5.28. The highest BCUT2D eigenvalue weighted by Gasteiger charge is 2.41. The number of ether oxygens (including phenoxy) is 3. The molecule has 4 rings (SSSR count). The molecule has 1 N–H and O–H groups in total. The summed E-state index contributed by atoms with van der Waals surface area (Å²) in [5.74, 6) is -3.82. The minimum Gasteiger partial charge on any atom is -0.507 e. The number of phenolic OH excluding ortho intramolecular Hbond substituents is 1. The highest BCUT2D eigenvalue weighted by molar-refractivity contribution is 5.89. The number of amides is 1. The predicted molar refractivity (Wildman–Crippen MR) is 140 cm³/mol. The highest BCUT2D eigenvalue weighted by Crippen LogP contribution is 2.40. The molecule has 1 aliphatic heterocycles. The van der Waals surface area contributed by atoms with Crippen LogP contribution in [0.1, 0.15) is 41.9 Å². The van der Waals surface area contributed by atoms with Gasteiger partial charge in [-0.05, 0) is 49.7 Å². The van der Waals surface area contributed by atoms with E-state index in [-0.39, 0.29) is 47.8 Å². The van der Waals surface area contributed by atoms with Gasteiger partial charge in [0.2, 0.25) is 11.2 Å². The Balaban J connectivity index is 1.65. The van der Waals surface area contributed by atoms with Gasteiger partial charge >= 0.3 is 18.2 Å². The predicted octanol–water partition coefficient (Wildman–Crippen LogP) is 5.15. The van der Waals surface area contributed by atoms with E-state index >= 15 is 0 Å². The van der Waals surface area contributed by atoms with Crippen molar-refractivity contribution in [3.63, 3.8) is 0 Å². The van der Waals surface area contributed by atoms with Gasteiger partial charge in [-0.15, -0.1) is 0 Å². The summed E-state index contributed by atoms with van der Waals surface area (Å²) in [7, 11) is 0. The summed E-state index contributed by atoms with van der Waals surface area (Å²) < 4.78 is 63.0. The van der Waals surface area contributed by atoms with Crippen LogP contribution in [0.2, 0.25) is 0 Å². The zero-order valence-corrected chi connectivity index (χ0v) is 22.5. The third kappa shape index (κ3) is 6.73. The van der Waals surface area contributed by atoms with E-state index in [0.717, 1.165) is 0 Å². The maximum absolute atomic E-state index is 14.1. The zero-order chi connectivity index (χ0) is 29.7. The monoisotopic (exact) mass is 578 g/mol. The second-order valence-corrected chi connectivity index (χ2v) is 9.25. The lowest BCUT2D eigenvalue weighted by Crippen LogP contribution is -2.48. The molecule has 0 saturated carbocycles. The van der Waals surface area contributed by atoms with Crippen LogP contribution in [-0.4, -0.2) is 66.4 Å². The van der Waals surface area contributed by atoms with Gasteiger partial charge in [0.1, 0.15) is 17.1 Å². The molecule has 41 heavy (non-hydrogen) atoms. The van der Waals surface area contributed by atoms with E-state index in [0.29, 0.717) is 32.6 Å². The molecule has 1 amide bonds. The van der Waals surface area contributed by atoms with Crippen molar-refractivity contribution in [3.05, 3.63) is 63.5 Å². The average Bonchev–Trinajstić information content (AvgIpc) is 2.94. The van der Waals surface area contributed by atoms with E-state index in [1.54, 1.807) is 6.92 Å². The van der Waals surface area contributed by atoms with Crippen LogP contribution in [0.25, 0.3) is 11.0 Å². The molecule has 1 aliphatic rings. The number of nitrogens with zero attached hydrogens (tertiary/aromatic N) is 2. The summed E-state index contributed by atoms with van der Waals surface area (Å²) >= 11 is 0. The molecule has 220 valence electrons. The van der Waals surface area contributed by atoms with Gasteiger partial charge < -0.3 is 28.6 Å². The standard InChI is InChI=1S/C28H29F3N2O8/c1-3-15-39-26(36)17-5-7-18(8-6-17)40-24-22(35)19-9-10-21(34)20(23(19)41-25(24)28(29,30)31)16-32-11-13-33(14-12-32)27(37)38-4-2/h5-10,34H,3-4,11-16H2,1-2H3. The molecule has 1 fully saturated rings. The van der Waals surface area contributed by atoms with Gasteiger partial charge in [0.15, 0.2) is 0 Å². The molecule has 0 atom stereocenters. The lowest BCUT2D eigenvalue weighted by molar-refractivity contribution is -0.154. The van der Waals surface area contributed by atoms with Crippen LogP contribution in [0.5, 0.6) is 17.2 Å². The molecular formula is C28H29F3N2O8. The first-order valence-corrected chi connectivity index (χ1v) is 13.0. The van der Waals surface area contributed by atoms with Gasteiger partial charge in [-0.1, -0.05) is 6.92 Å². The molecular weight excluding hydrogens is 549 g/mol. The Hall–Kier alpha value is -4.26. The number of hydrogen-bond acceptors (Lipinski definition) is 9. The number of alkyl halides is 3. The fourth-order valence-corrected chi connectivity index (χ4v) is 4.30. The third-order valence-corrected chi connectivity index (χ3v) is 6.38. The maximum Gasteiger partial charge on any atom is 0.453 e. The third-order valence-electron chi connectivity index (χ3n) is 6.38. The van der Waals surface area contributed by atoms with Crippen molar-refractivity contribution in [3.8, 4) is 17.2 Å². The van der Waals surface area contributed by atoms with Crippen LogP contribution in [0.15, 0.2) is 45.6 Å². The van der Waals surface area contributed by atoms with E-state index in [9.17, 15) is 32.7 Å². The quantitative estimate of drug-likeness (QED) is 0.362. The minimum absolute atomic E-state index is 0.00354. The van der Waals surface area contributed by atoms with E-state index < -0.39 is 40.8 Å². The normalized spacial score (nSPS) is 14.2. The number of carbonyl (C=O) groups excluding carboxylic acids is 2. The molecule has 0 unspecified atom stereocenters. The molecule has 10 nitrogen and oxygen atoms in total. The second-order valence-electron chi connectivity index (χ2n) is 9.25. The molecule has 0 spiro atoms. The number of carbonyl (C=O) groups is 2. The van der Waals surface area contributed by atoms with Crippen molar-refractivity contribution in [1.82, 2.24) is 9.80 Å². The van der Waals surface area contributed by atoms with Crippen LogP contribution in [0.4, 0.5) is 18.0 Å². The van der Waals surface area contributed by atoms with Crippen molar-refractivity contribution >= 4 is 23.0 Å². The number of benzene rings is 2. The highest BCUT2D eigenvalue weighted by atomic mass is 19.4. The summed E-state index contributed by atoms with van der Waals surface area (Å²) in [6.07, 6.45) is -4.95. The first-order valence-electron chi connectivity index (χ1n) is 13.0. The number of piperazine rings is 1. The van der Waals surface area contributed by atoms with E-state index in [2.05, 4.69) is 0 Å². The average molecular weight is 579 g/mol. The Morgan fingerprint density at radius 2 is 1.68 bits per heavy atom. The van der Waals surface area contributed by atoms with Gasteiger partial charge in [-0.2, -0.15) is 13.2 Å². The zero-order valence-electron chi connectivity index (χ0n) is 22.5. The fraction of sp³-hybridized carbons (Fsp3) is 0.393. The van der Waals surface area contributed by atoms with Crippen molar-refractivity contribution in [2.75, 3.05) is 39.4 Å². The van der Waals surface area contributed by atoms with Crippen LogP contribution in [-0.2, 0) is 22.2 Å². The SMILES string of the molecule is CCCOC(=O)c1ccc(Oc2c(C(F)(F)F)oc3c(CN4CCN(C(=O)OCC)CC4)c(O)ccc3c2=O)cc1. The molecule has 2 heterocycles. The summed E-state index contributed by atoms with van der Waals surface area (Å²) in [4.78, 5) is 40.6. The minimum atomic E-state index is -5.11. The Kier molecular flexibility index (Phi) is 9.06. The number of halogens is 3. The number of hydrogen-bond donors (Lipinski definition) is 1. The van der Waals surface area contributed by atoms with Crippen molar-refractivity contribution < 1.29 is 46.5 Å². The maximum atomic E-state index is 14.1. The molecule has 1 aromatic heterocycles. The molecule has 13 heteroatoms. The van der Waals surface area contributed by atoms with Gasteiger partial charge in [0, 0.05) is 32.7 Å². The Bertz CT molecular complexity index is 1460. The van der Waals surface area contributed by atoms with Crippen LogP contribution in [0.3, 0.4) is 0 Å². The van der Waals surface area contributed by atoms with Gasteiger partial charge in [0.05, 0.1) is 29.7 Å². The molecule has 0 radical (unpaired) electrons. The number of aromatic hydroxyl groups is 1. The van der Waals surface area contributed by atoms with Gasteiger partial charge in [-0.3, -0.25) is 9.69 Å². The van der Waals surface area contributed by atoms with Gasteiger partial charge in [0.25, 0.3) is 5.76 Å². The van der Waals surface area contributed by atoms with E-state index in [1.165, 1.54) is 41.3 Å². The lowest BCUT2D eigenvalue weighted by Gasteiger charge is -2.34. The number of fused-ring (bicyclic) bond motifs is 1. The van der Waals surface area contributed by atoms with Crippen molar-refractivity contribution in [1.29, 1.82) is 0 Å². The molecule has 1 saturated heterocycles. The van der Waals surface area contributed by atoms with Crippen LogP contribution < -0.4 is 10.2 Å². The largest absolute Gasteiger partial charge is 0.507 e. The van der Waals surface area contributed by atoms with Gasteiger partial charge in [-0.25, -0.2) is 9.59 Å². The topological polar surface area (TPSA) is 119 Å².